The molecular formula is C14H18N2O5. The van der Waals surface area contributed by atoms with E-state index in [1.54, 1.807) is 6.07 Å². The van der Waals surface area contributed by atoms with Crippen LogP contribution in [0.1, 0.15) is 18.4 Å². The Kier molecular flexibility index (Phi) is 6.19. The molecule has 4 N–H and O–H groups in total. The standard InChI is InChI=1S/C14H18N2O5/c1-9-4-2-3-5-11(9)21-7-6-13(18)16-10(14(19)20)8-12(15)17/h2-5,10H,6-8H2,1H3,(H2,15,17)(H,16,18)(H,19,20)/t10-/m0/s1. The van der Waals surface area contributed by atoms with Crippen LogP contribution < -0.4 is 15.8 Å². The predicted molar refractivity (Wildman–Crippen MR) is 74.7 cm³/mol. The Bertz CT molecular complexity index is 530. The lowest BCUT2D eigenvalue weighted by Crippen LogP contribution is -2.43. The first-order chi connectivity index (χ1) is 9.90. The number of para-hydroxylation sites is 1. The fourth-order valence-corrected chi connectivity index (χ4v) is 1.64. The number of amides is 2. The summed E-state index contributed by atoms with van der Waals surface area (Å²) in [6.07, 6.45) is -0.462. The van der Waals surface area contributed by atoms with Crippen LogP contribution >= 0.6 is 0 Å². The van der Waals surface area contributed by atoms with Crippen LogP contribution in [0.4, 0.5) is 0 Å². The van der Waals surface area contributed by atoms with Crippen molar-refractivity contribution in [2.24, 2.45) is 5.73 Å². The monoisotopic (exact) mass is 294 g/mol. The second kappa shape index (κ2) is 7.88. The maximum atomic E-state index is 11.6. The molecular weight excluding hydrogens is 276 g/mol. The largest absolute Gasteiger partial charge is 0.493 e. The van der Waals surface area contributed by atoms with Crippen molar-refractivity contribution in [2.75, 3.05) is 6.61 Å². The first-order valence-corrected chi connectivity index (χ1v) is 6.39. The highest BCUT2D eigenvalue weighted by Crippen LogP contribution is 2.16. The van der Waals surface area contributed by atoms with Crippen molar-refractivity contribution in [2.45, 2.75) is 25.8 Å². The van der Waals surface area contributed by atoms with Gasteiger partial charge in [0.25, 0.3) is 0 Å². The highest BCUT2D eigenvalue weighted by molar-refractivity contribution is 5.88. The molecule has 0 bridgehead atoms. The number of ether oxygens (including phenoxy) is 1. The van der Waals surface area contributed by atoms with E-state index in [9.17, 15) is 14.4 Å². The summed E-state index contributed by atoms with van der Waals surface area (Å²) in [4.78, 5) is 33.2. The van der Waals surface area contributed by atoms with Gasteiger partial charge in [0.05, 0.1) is 19.4 Å². The van der Waals surface area contributed by atoms with Crippen LogP contribution in [0.25, 0.3) is 0 Å². The fraction of sp³-hybridized carbons (Fsp3) is 0.357. The molecule has 7 heteroatoms. The van der Waals surface area contributed by atoms with Gasteiger partial charge in [-0.2, -0.15) is 0 Å². The van der Waals surface area contributed by atoms with Gasteiger partial charge in [-0.1, -0.05) is 18.2 Å². The molecule has 0 saturated carbocycles. The molecule has 21 heavy (non-hydrogen) atoms. The van der Waals surface area contributed by atoms with Crippen LogP contribution in [-0.4, -0.2) is 35.5 Å². The van der Waals surface area contributed by atoms with E-state index in [0.29, 0.717) is 5.75 Å². The van der Waals surface area contributed by atoms with Crippen molar-refractivity contribution in [1.29, 1.82) is 0 Å². The van der Waals surface area contributed by atoms with Gasteiger partial charge >= 0.3 is 5.97 Å². The van der Waals surface area contributed by atoms with E-state index in [1.165, 1.54) is 0 Å². The first-order valence-electron chi connectivity index (χ1n) is 6.39. The highest BCUT2D eigenvalue weighted by Gasteiger charge is 2.21. The van der Waals surface area contributed by atoms with E-state index in [0.717, 1.165) is 5.56 Å². The molecule has 1 rings (SSSR count). The van der Waals surface area contributed by atoms with Crippen LogP contribution in [0.15, 0.2) is 24.3 Å². The van der Waals surface area contributed by atoms with E-state index >= 15 is 0 Å². The molecule has 0 aliphatic rings. The van der Waals surface area contributed by atoms with E-state index < -0.39 is 30.2 Å². The smallest absolute Gasteiger partial charge is 0.326 e. The maximum absolute atomic E-state index is 11.6. The molecule has 7 nitrogen and oxygen atoms in total. The van der Waals surface area contributed by atoms with Crippen molar-refractivity contribution >= 4 is 17.8 Å². The summed E-state index contributed by atoms with van der Waals surface area (Å²) in [5.41, 5.74) is 5.86. The summed E-state index contributed by atoms with van der Waals surface area (Å²) in [7, 11) is 0. The third-order valence-electron chi connectivity index (χ3n) is 2.72. The number of rotatable bonds is 8. The second-order valence-corrected chi connectivity index (χ2v) is 4.49. The van der Waals surface area contributed by atoms with Gasteiger partial charge < -0.3 is 20.9 Å². The molecule has 0 spiro atoms. The van der Waals surface area contributed by atoms with E-state index in [1.807, 2.05) is 25.1 Å². The molecule has 0 aromatic heterocycles. The Balaban J connectivity index is 2.41. The number of benzene rings is 1. The van der Waals surface area contributed by atoms with Crippen molar-refractivity contribution < 1.29 is 24.2 Å². The summed E-state index contributed by atoms with van der Waals surface area (Å²) >= 11 is 0. The molecule has 0 heterocycles. The minimum Gasteiger partial charge on any atom is -0.493 e. The van der Waals surface area contributed by atoms with E-state index in [4.69, 9.17) is 15.6 Å². The normalized spacial score (nSPS) is 11.5. The average molecular weight is 294 g/mol. The van der Waals surface area contributed by atoms with Gasteiger partial charge in [0.2, 0.25) is 11.8 Å². The number of nitrogens with one attached hydrogen (secondary N) is 1. The number of aliphatic carboxylic acids is 1. The van der Waals surface area contributed by atoms with Crippen molar-refractivity contribution in [1.82, 2.24) is 5.32 Å². The van der Waals surface area contributed by atoms with Crippen LogP contribution in [0.2, 0.25) is 0 Å². The minimum absolute atomic E-state index is 0.0170. The Labute approximate surface area is 122 Å². The summed E-state index contributed by atoms with van der Waals surface area (Å²) < 4.78 is 5.43. The molecule has 1 atom stereocenters. The van der Waals surface area contributed by atoms with Crippen molar-refractivity contribution in [3.05, 3.63) is 29.8 Å². The van der Waals surface area contributed by atoms with E-state index in [-0.39, 0.29) is 13.0 Å². The zero-order valence-electron chi connectivity index (χ0n) is 11.7. The van der Waals surface area contributed by atoms with Gasteiger partial charge in [-0.15, -0.1) is 0 Å². The lowest BCUT2D eigenvalue weighted by atomic mass is 10.2. The number of hydrogen-bond donors (Lipinski definition) is 3. The number of hydrogen-bond acceptors (Lipinski definition) is 4. The highest BCUT2D eigenvalue weighted by atomic mass is 16.5. The van der Waals surface area contributed by atoms with Gasteiger partial charge in [0.1, 0.15) is 11.8 Å². The number of carboxylic acids is 1. The zero-order chi connectivity index (χ0) is 15.8. The molecule has 0 fully saturated rings. The van der Waals surface area contributed by atoms with Gasteiger partial charge in [-0.05, 0) is 18.6 Å². The predicted octanol–water partition coefficient (Wildman–Crippen LogP) is 0.209. The van der Waals surface area contributed by atoms with Crippen molar-refractivity contribution in [3.8, 4) is 5.75 Å². The molecule has 1 aromatic rings. The minimum atomic E-state index is -1.31. The topological polar surface area (TPSA) is 119 Å². The van der Waals surface area contributed by atoms with Gasteiger partial charge in [0.15, 0.2) is 0 Å². The molecule has 1 aromatic carbocycles. The average Bonchev–Trinajstić information content (AvgIpc) is 2.39. The van der Waals surface area contributed by atoms with Gasteiger partial charge in [-0.25, -0.2) is 4.79 Å². The molecule has 0 radical (unpaired) electrons. The summed E-state index contributed by atoms with van der Waals surface area (Å²) in [5, 5.41) is 11.1. The second-order valence-electron chi connectivity index (χ2n) is 4.49. The number of aryl methyl sites for hydroxylation is 1. The van der Waals surface area contributed by atoms with Crippen LogP contribution in [-0.2, 0) is 14.4 Å². The van der Waals surface area contributed by atoms with E-state index in [2.05, 4.69) is 5.32 Å². The molecule has 114 valence electrons. The Morgan fingerprint density at radius 1 is 1.33 bits per heavy atom. The lowest BCUT2D eigenvalue weighted by Gasteiger charge is -2.13. The van der Waals surface area contributed by atoms with Gasteiger partial charge in [0, 0.05) is 0 Å². The maximum Gasteiger partial charge on any atom is 0.326 e. The number of carbonyl (C=O) groups is 3. The molecule has 0 unspecified atom stereocenters. The molecule has 2 amide bonds. The first kappa shape index (κ1) is 16.5. The van der Waals surface area contributed by atoms with Crippen LogP contribution in [0.3, 0.4) is 0 Å². The quantitative estimate of drug-likeness (QED) is 0.633. The number of primary amides is 1. The number of carboxylic acid groups (broad SMARTS) is 1. The summed E-state index contributed by atoms with van der Waals surface area (Å²) in [5.74, 6) is -1.95. The third-order valence-corrected chi connectivity index (χ3v) is 2.72. The SMILES string of the molecule is Cc1ccccc1OCCC(=O)N[C@@H](CC(N)=O)C(=O)O. The molecule has 0 aliphatic carbocycles. The Hall–Kier alpha value is -2.57. The third kappa shape index (κ3) is 5.94. The summed E-state index contributed by atoms with van der Waals surface area (Å²) in [6, 6.07) is 6.03. The van der Waals surface area contributed by atoms with Crippen molar-refractivity contribution in [3.63, 3.8) is 0 Å². The lowest BCUT2D eigenvalue weighted by molar-refractivity contribution is -0.143. The Morgan fingerprint density at radius 3 is 2.57 bits per heavy atom. The molecule has 0 aliphatic heterocycles. The zero-order valence-corrected chi connectivity index (χ0v) is 11.7. The van der Waals surface area contributed by atoms with Crippen LogP contribution in [0.5, 0.6) is 5.75 Å². The number of nitrogens with two attached hydrogens (primary N) is 1. The molecule has 0 saturated heterocycles. The Morgan fingerprint density at radius 2 is 2.00 bits per heavy atom. The summed E-state index contributed by atoms with van der Waals surface area (Å²) in [6.45, 7) is 1.99. The fourth-order valence-electron chi connectivity index (χ4n) is 1.64. The van der Waals surface area contributed by atoms with Gasteiger partial charge in [-0.3, -0.25) is 9.59 Å². The number of carbonyl (C=O) groups excluding carboxylic acids is 2. The van der Waals surface area contributed by atoms with Crippen LogP contribution in [0, 0.1) is 6.92 Å².